The summed E-state index contributed by atoms with van der Waals surface area (Å²) in [4.78, 5) is 10.4. The van der Waals surface area contributed by atoms with Gasteiger partial charge in [-0.15, -0.1) is 0 Å². The Labute approximate surface area is 80.7 Å². The van der Waals surface area contributed by atoms with Crippen molar-refractivity contribution in [3.63, 3.8) is 0 Å². The van der Waals surface area contributed by atoms with Gasteiger partial charge in [-0.3, -0.25) is 4.79 Å². The molecule has 1 aromatic rings. The topological polar surface area (TPSA) is 63.3 Å². The van der Waals surface area contributed by atoms with Crippen LogP contribution in [0.15, 0.2) is 24.3 Å². The highest BCUT2D eigenvalue weighted by atomic mass is 19.1. The predicted molar refractivity (Wildman–Crippen MR) is 50.6 cm³/mol. The first kappa shape index (κ1) is 10.4. The lowest BCUT2D eigenvalue weighted by atomic mass is 10.1. The van der Waals surface area contributed by atoms with Gasteiger partial charge in [0.15, 0.2) is 0 Å². The summed E-state index contributed by atoms with van der Waals surface area (Å²) in [5.74, 6) is -1.06. The Kier molecular flexibility index (Phi) is 3.36. The Bertz CT molecular complexity index is 374. The molecule has 1 rings (SSSR count). The van der Waals surface area contributed by atoms with Crippen molar-refractivity contribution in [2.45, 2.75) is 6.61 Å². The molecule has 3 nitrogen and oxygen atoms in total. The number of amides is 1. The summed E-state index contributed by atoms with van der Waals surface area (Å²) in [5.41, 5.74) is 5.83. The maximum atomic E-state index is 12.9. The van der Waals surface area contributed by atoms with E-state index in [1.807, 2.05) is 0 Å². The summed E-state index contributed by atoms with van der Waals surface area (Å²) in [5, 5.41) is 8.78. The van der Waals surface area contributed by atoms with E-state index in [0.29, 0.717) is 11.1 Å². The second-order valence-electron chi connectivity index (χ2n) is 2.79. The second kappa shape index (κ2) is 4.53. The molecule has 0 unspecified atom stereocenters. The molecule has 0 aliphatic rings. The Morgan fingerprint density at radius 1 is 1.50 bits per heavy atom. The minimum absolute atomic E-state index is 0.241. The summed E-state index contributed by atoms with van der Waals surface area (Å²) in [6.07, 6.45) is 2.53. The van der Waals surface area contributed by atoms with Gasteiger partial charge in [0.05, 0.1) is 6.61 Å². The summed E-state index contributed by atoms with van der Waals surface area (Å²) in [7, 11) is 0. The van der Waals surface area contributed by atoms with Crippen LogP contribution in [0.1, 0.15) is 11.1 Å². The SMILES string of the molecule is NC(=O)C=Cc1cc(F)cc(CO)c1. The fraction of sp³-hybridized carbons (Fsp3) is 0.100. The van der Waals surface area contributed by atoms with Crippen molar-refractivity contribution < 1.29 is 14.3 Å². The molecule has 14 heavy (non-hydrogen) atoms. The van der Waals surface area contributed by atoms with Crippen molar-refractivity contribution >= 4 is 12.0 Å². The fourth-order valence-electron chi connectivity index (χ4n) is 1.04. The largest absolute Gasteiger partial charge is 0.392 e. The molecule has 4 heteroatoms. The number of carbonyl (C=O) groups excluding carboxylic acids is 1. The molecule has 0 saturated carbocycles. The zero-order chi connectivity index (χ0) is 10.6. The van der Waals surface area contributed by atoms with E-state index in [4.69, 9.17) is 10.8 Å². The smallest absolute Gasteiger partial charge is 0.241 e. The number of rotatable bonds is 3. The van der Waals surface area contributed by atoms with Gasteiger partial charge < -0.3 is 10.8 Å². The highest BCUT2D eigenvalue weighted by Crippen LogP contribution is 2.10. The molecule has 0 atom stereocenters. The molecular formula is C10H10FNO2. The molecule has 0 radical (unpaired) electrons. The molecule has 0 spiro atoms. The van der Waals surface area contributed by atoms with Gasteiger partial charge in [0.25, 0.3) is 0 Å². The minimum Gasteiger partial charge on any atom is -0.392 e. The molecule has 1 amide bonds. The molecule has 0 fully saturated rings. The number of aliphatic hydroxyl groups is 1. The zero-order valence-electron chi connectivity index (χ0n) is 7.40. The summed E-state index contributed by atoms with van der Waals surface area (Å²) >= 11 is 0. The number of primary amides is 1. The molecular weight excluding hydrogens is 185 g/mol. The third-order valence-electron chi connectivity index (χ3n) is 1.60. The highest BCUT2D eigenvalue weighted by Gasteiger charge is 1.97. The van der Waals surface area contributed by atoms with E-state index in [9.17, 15) is 9.18 Å². The lowest BCUT2D eigenvalue weighted by molar-refractivity contribution is -0.113. The molecule has 1 aromatic carbocycles. The van der Waals surface area contributed by atoms with Crippen molar-refractivity contribution in [3.8, 4) is 0 Å². The minimum atomic E-state index is -0.597. The van der Waals surface area contributed by atoms with Gasteiger partial charge in [-0.1, -0.05) is 0 Å². The van der Waals surface area contributed by atoms with Crippen LogP contribution >= 0.6 is 0 Å². The Balaban J connectivity index is 2.97. The first-order chi connectivity index (χ1) is 6.61. The fourth-order valence-corrected chi connectivity index (χ4v) is 1.04. The van der Waals surface area contributed by atoms with Crippen molar-refractivity contribution in [2.75, 3.05) is 0 Å². The first-order valence-electron chi connectivity index (χ1n) is 3.99. The van der Waals surface area contributed by atoms with Crippen LogP contribution in [0, 0.1) is 5.82 Å². The third kappa shape index (κ3) is 2.99. The van der Waals surface area contributed by atoms with Crippen LogP contribution in [-0.4, -0.2) is 11.0 Å². The van der Waals surface area contributed by atoms with Gasteiger partial charge in [0.2, 0.25) is 5.91 Å². The molecule has 0 aliphatic heterocycles. The first-order valence-corrected chi connectivity index (χ1v) is 3.99. The summed E-state index contributed by atoms with van der Waals surface area (Å²) in [6.45, 7) is -0.241. The normalized spacial score (nSPS) is 10.7. The quantitative estimate of drug-likeness (QED) is 0.701. The maximum absolute atomic E-state index is 12.9. The molecule has 0 aromatic heterocycles. The van der Waals surface area contributed by atoms with E-state index < -0.39 is 11.7 Å². The van der Waals surface area contributed by atoms with Crippen LogP contribution in [0.25, 0.3) is 6.08 Å². The van der Waals surface area contributed by atoms with E-state index in [1.165, 1.54) is 18.2 Å². The number of benzene rings is 1. The van der Waals surface area contributed by atoms with Gasteiger partial charge in [-0.05, 0) is 35.4 Å². The Morgan fingerprint density at radius 2 is 2.21 bits per heavy atom. The average Bonchev–Trinajstić information content (AvgIpc) is 2.14. The number of aliphatic hydroxyl groups excluding tert-OH is 1. The number of nitrogens with two attached hydrogens (primary N) is 1. The van der Waals surface area contributed by atoms with Crippen LogP contribution < -0.4 is 5.73 Å². The Hall–Kier alpha value is -1.68. The maximum Gasteiger partial charge on any atom is 0.241 e. The van der Waals surface area contributed by atoms with E-state index in [1.54, 1.807) is 6.07 Å². The van der Waals surface area contributed by atoms with Gasteiger partial charge in [-0.2, -0.15) is 0 Å². The summed E-state index contributed by atoms with van der Waals surface area (Å²) < 4.78 is 12.9. The average molecular weight is 195 g/mol. The van der Waals surface area contributed by atoms with Crippen molar-refractivity contribution in [1.82, 2.24) is 0 Å². The van der Waals surface area contributed by atoms with Crippen LogP contribution in [-0.2, 0) is 11.4 Å². The molecule has 0 heterocycles. The number of hydrogen-bond acceptors (Lipinski definition) is 2. The second-order valence-corrected chi connectivity index (χ2v) is 2.79. The van der Waals surface area contributed by atoms with Crippen molar-refractivity contribution in [3.05, 3.63) is 41.2 Å². The molecule has 0 saturated heterocycles. The molecule has 0 bridgehead atoms. The van der Waals surface area contributed by atoms with Gasteiger partial charge in [-0.25, -0.2) is 4.39 Å². The van der Waals surface area contributed by atoms with E-state index in [2.05, 4.69) is 0 Å². The van der Waals surface area contributed by atoms with E-state index in [-0.39, 0.29) is 6.61 Å². The van der Waals surface area contributed by atoms with Gasteiger partial charge in [0.1, 0.15) is 5.82 Å². The molecule has 0 aliphatic carbocycles. The lowest BCUT2D eigenvalue weighted by Gasteiger charge is -1.99. The standard InChI is InChI=1S/C10H10FNO2/c11-9-4-7(1-2-10(12)14)3-8(5-9)6-13/h1-5,13H,6H2,(H2,12,14). The zero-order valence-corrected chi connectivity index (χ0v) is 7.40. The van der Waals surface area contributed by atoms with Crippen LogP contribution in [0.3, 0.4) is 0 Å². The van der Waals surface area contributed by atoms with Crippen molar-refractivity contribution in [1.29, 1.82) is 0 Å². The van der Waals surface area contributed by atoms with Crippen LogP contribution in [0.2, 0.25) is 0 Å². The highest BCUT2D eigenvalue weighted by molar-refractivity contribution is 5.90. The van der Waals surface area contributed by atoms with Crippen LogP contribution in [0.5, 0.6) is 0 Å². The predicted octanol–water partition coefficient (Wildman–Crippen LogP) is 0.817. The summed E-state index contributed by atoms with van der Waals surface area (Å²) in [6, 6.07) is 4.04. The van der Waals surface area contributed by atoms with Crippen LogP contribution in [0.4, 0.5) is 4.39 Å². The Morgan fingerprint density at radius 3 is 2.79 bits per heavy atom. The van der Waals surface area contributed by atoms with E-state index in [0.717, 1.165) is 6.08 Å². The number of carbonyl (C=O) groups is 1. The lowest BCUT2D eigenvalue weighted by Crippen LogP contribution is -2.05. The van der Waals surface area contributed by atoms with Gasteiger partial charge >= 0.3 is 0 Å². The molecule has 3 N–H and O–H groups in total. The van der Waals surface area contributed by atoms with E-state index >= 15 is 0 Å². The van der Waals surface area contributed by atoms with Crippen molar-refractivity contribution in [2.24, 2.45) is 5.73 Å². The molecule has 74 valence electrons. The van der Waals surface area contributed by atoms with Gasteiger partial charge in [0, 0.05) is 6.08 Å². The number of halogens is 1. The monoisotopic (exact) mass is 195 g/mol. The third-order valence-corrected chi connectivity index (χ3v) is 1.60. The number of hydrogen-bond donors (Lipinski definition) is 2.